The molecule has 1 aromatic rings. The summed E-state index contributed by atoms with van der Waals surface area (Å²) in [4.78, 5) is 0. The van der Waals surface area contributed by atoms with Gasteiger partial charge in [-0.2, -0.15) is 5.10 Å². The third kappa shape index (κ3) is 4.50. The smallest absolute Gasteiger partial charge is 0.0492 e. The summed E-state index contributed by atoms with van der Waals surface area (Å²) >= 11 is 0. The predicted molar refractivity (Wildman–Crippen MR) is 64.8 cm³/mol. The molecule has 2 nitrogen and oxygen atoms in total. The van der Waals surface area contributed by atoms with Crippen molar-refractivity contribution in [1.29, 1.82) is 0 Å². The Kier molecular flexibility index (Phi) is 4.86. The van der Waals surface area contributed by atoms with Gasteiger partial charge in [-0.25, -0.2) is 0 Å². The molecule has 0 N–H and O–H groups in total. The van der Waals surface area contributed by atoms with Crippen LogP contribution in [0.1, 0.15) is 46.2 Å². The van der Waals surface area contributed by atoms with Crippen LogP contribution in [0.25, 0.3) is 0 Å². The summed E-state index contributed by atoms with van der Waals surface area (Å²) < 4.78 is 2.17. The Labute approximate surface area is 93.7 Å². The minimum Gasteiger partial charge on any atom is -0.270 e. The van der Waals surface area contributed by atoms with Gasteiger partial charge < -0.3 is 0 Å². The van der Waals surface area contributed by atoms with Crippen LogP contribution in [0.2, 0.25) is 0 Å². The molecule has 0 saturated carbocycles. The Hall–Kier alpha value is -0.790. The molecule has 0 unspecified atom stereocenters. The van der Waals surface area contributed by atoms with Gasteiger partial charge in [0.25, 0.3) is 0 Å². The lowest BCUT2D eigenvalue weighted by Crippen LogP contribution is -2.08. The maximum absolute atomic E-state index is 4.38. The average Bonchev–Trinajstić information content (AvgIpc) is 2.51. The van der Waals surface area contributed by atoms with Gasteiger partial charge in [0.2, 0.25) is 0 Å². The van der Waals surface area contributed by atoms with Crippen LogP contribution in [0.4, 0.5) is 0 Å². The zero-order chi connectivity index (χ0) is 11.3. The third-order valence-electron chi connectivity index (χ3n) is 2.57. The lowest BCUT2D eigenvalue weighted by molar-refractivity contribution is 0.471. The Balaban J connectivity index is 2.43. The van der Waals surface area contributed by atoms with Crippen LogP contribution in [-0.2, 0) is 13.0 Å². The van der Waals surface area contributed by atoms with Crippen LogP contribution in [0.3, 0.4) is 0 Å². The fraction of sp³-hybridized carbons (Fsp3) is 0.769. The molecule has 0 atom stereocenters. The molecule has 0 aliphatic rings. The fourth-order valence-corrected chi connectivity index (χ4v) is 1.80. The molecule has 0 radical (unpaired) electrons. The van der Waals surface area contributed by atoms with E-state index in [1.54, 1.807) is 0 Å². The minimum atomic E-state index is 0.713. The van der Waals surface area contributed by atoms with Crippen LogP contribution in [0, 0.1) is 11.8 Å². The van der Waals surface area contributed by atoms with E-state index >= 15 is 0 Å². The lowest BCUT2D eigenvalue weighted by atomic mass is 10.1. The summed E-state index contributed by atoms with van der Waals surface area (Å²) in [6.07, 6.45) is 5.60. The zero-order valence-electron chi connectivity index (χ0n) is 10.5. The van der Waals surface area contributed by atoms with E-state index in [0.29, 0.717) is 5.92 Å². The van der Waals surface area contributed by atoms with Crippen molar-refractivity contribution in [3.05, 3.63) is 18.0 Å². The Morgan fingerprint density at radius 2 is 1.93 bits per heavy atom. The maximum Gasteiger partial charge on any atom is 0.0492 e. The Morgan fingerprint density at radius 3 is 2.53 bits per heavy atom. The van der Waals surface area contributed by atoms with E-state index in [2.05, 4.69) is 43.5 Å². The van der Waals surface area contributed by atoms with Crippen LogP contribution in [0.5, 0.6) is 0 Å². The standard InChI is InChI=1S/C13H24N2/c1-11(2)6-5-9-15-13(7-8-14-15)10-12(3)4/h7-8,11-12H,5-6,9-10H2,1-4H3. The van der Waals surface area contributed by atoms with Crippen LogP contribution in [0.15, 0.2) is 12.3 Å². The second-order valence-corrected chi connectivity index (χ2v) is 5.18. The monoisotopic (exact) mass is 208 g/mol. The fourth-order valence-electron chi connectivity index (χ4n) is 1.80. The molecule has 0 amide bonds. The summed E-state index contributed by atoms with van der Waals surface area (Å²) in [7, 11) is 0. The van der Waals surface area contributed by atoms with Gasteiger partial charge in [0.05, 0.1) is 0 Å². The molecule has 0 aliphatic heterocycles. The molecule has 0 spiro atoms. The average molecular weight is 208 g/mol. The molecular weight excluding hydrogens is 184 g/mol. The lowest BCUT2D eigenvalue weighted by Gasteiger charge is -2.10. The van der Waals surface area contributed by atoms with Crippen LogP contribution < -0.4 is 0 Å². The first-order valence-corrected chi connectivity index (χ1v) is 6.10. The normalized spacial score (nSPS) is 11.6. The number of hydrogen-bond acceptors (Lipinski definition) is 1. The molecule has 15 heavy (non-hydrogen) atoms. The van der Waals surface area contributed by atoms with Crippen molar-refractivity contribution >= 4 is 0 Å². The summed E-state index contributed by atoms with van der Waals surface area (Å²) in [5.41, 5.74) is 1.38. The van der Waals surface area contributed by atoms with Crippen molar-refractivity contribution in [3.8, 4) is 0 Å². The van der Waals surface area contributed by atoms with Gasteiger partial charge in [-0.15, -0.1) is 0 Å². The summed E-state index contributed by atoms with van der Waals surface area (Å²) in [5.74, 6) is 1.51. The second kappa shape index (κ2) is 5.94. The van der Waals surface area contributed by atoms with Gasteiger partial charge in [-0.3, -0.25) is 4.68 Å². The molecular formula is C13H24N2. The molecule has 0 saturated heterocycles. The van der Waals surface area contributed by atoms with Crippen molar-refractivity contribution in [1.82, 2.24) is 9.78 Å². The molecule has 0 fully saturated rings. The maximum atomic E-state index is 4.38. The topological polar surface area (TPSA) is 17.8 Å². The predicted octanol–water partition coefficient (Wildman–Crippen LogP) is 3.52. The summed E-state index contributed by atoms with van der Waals surface area (Å²) in [6.45, 7) is 10.1. The van der Waals surface area contributed by atoms with E-state index in [4.69, 9.17) is 0 Å². The summed E-state index contributed by atoms with van der Waals surface area (Å²) in [5, 5.41) is 4.38. The van der Waals surface area contributed by atoms with Crippen molar-refractivity contribution in [3.63, 3.8) is 0 Å². The van der Waals surface area contributed by atoms with Crippen molar-refractivity contribution in [2.75, 3.05) is 0 Å². The number of hydrogen-bond donors (Lipinski definition) is 0. The van der Waals surface area contributed by atoms with E-state index < -0.39 is 0 Å². The van der Waals surface area contributed by atoms with Gasteiger partial charge in [-0.05, 0) is 37.2 Å². The molecule has 2 heteroatoms. The number of nitrogens with zero attached hydrogens (tertiary/aromatic N) is 2. The highest BCUT2D eigenvalue weighted by Crippen LogP contribution is 2.10. The van der Waals surface area contributed by atoms with Crippen LogP contribution >= 0.6 is 0 Å². The SMILES string of the molecule is CC(C)CCCn1nccc1CC(C)C. The van der Waals surface area contributed by atoms with Crippen LogP contribution in [-0.4, -0.2) is 9.78 Å². The van der Waals surface area contributed by atoms with Crippen molar-refractivity contribution < 1.29 is 0 Å². The van der Waals surface area contributed by atoms with Gasteiger partial charge in [0, 0.05) is 18.4 Å². The highest BCUT2D eigenvalue weighted by molar-refractivity contribution is 5.01. The van der Waals surface area contributed by atoms with Gasteiger partial charge in [0.15, 0.2) is 0 Å². The highest BCUT2D eigenvalue weighted by Gasteiger charge is 2.04. The van der Waals surface area contributed by atoms with Gasteiger partial charge >= 0.3 is 0 Å². The summed E-state index contributed by atoms with van der Waals surface area (Å²) in [6, 6.07) is 2.15. The van der Waals surface area contributed by atoms with E-state index in [0.717, 1.165) is 18.9 Å². The largest absolute Gasteiger partial charge is 0.270 e. The van der Waals surface area contributed by atoms with Crippen molar-refractivity contribution in [2.24, 2.45) is 11.8 Å². The van der Waals surface area contributed by atoms with E-state index in [9.17, 15) is 0 Å². The van der Waals surface area contributed by atoms with Gasteiger partial charge in [-0.1, -0.05) is 27.7 Å². The molecule has 0 bridgehead atoms. The minimum absolute atomic E-state index is 0.713. The first-order chi connectivity index (χ1) is 7.09. The zero-order valence-corrected chi connectivity index (χ0v) is 10.5. The molecule has 86 valence electrons. The molecule has 1 rings (SSSR count). The first kappa shape index (κ1) is 12.3. The molecule has 0 aliphatic carbocycles. The quantitative estimate of drug-likeness (QED) is 0.699. The number of rotatable bonds is 6. The second-order valence-electron chi connectivity index (χ2n) is 5.18. The first-order valence-electron chi connectivity index (χ1n) is 6.10. The Morgan fingerprint density at radius 1 is 1.20 bits per heavy atom. The van der Waals surface area contributed by atoms with E-state index in [1.165, 1.54) is 18.5 Å². The highest BCUT2D eigenvalue weighted by atomic mass is 15.3. The molecule has 1 heterocycles. The third-order valence-corrected chi connectivity index (χ3v) is 2.57. The number of aryl methyl sites for hydroxylation is 1. The Bertz CT molecular complexity index is 274. The van der Waals surface area contributed by atoms with Crippen molar-refractivity contribution in [2.45, 2.75) is 53.5 Å². The molecule has 1 aromatic heterocycles. The number of aromatic nitrogens is 2. The molecule has 0 aromatic carbocycles. The van der Waals surface area contributed by atoms with E-state index in [1.807, 2.05) is 6.20 Å². The van der Waals surface area contributed by atoms with E-state index in [-0.39, 0.29) is 0 Å². The van der Waals surface area contributed by atoms with Gasteiger partial charge in [0.1, 0.15) is 0 Å².